The molecule has 0 aromatic carbocycles. The lowest BCUT2D eigenvalue weighted by molar-refractivity contribution is -0.192. The molecule has 5 nitrogen and oxygen atoms in total. The molecule has 0 rings (SSSR count). The van der Waals surface area contributed by atoms with Crippen molar-refractivity contribution in [2.75, 3.05) is 5.34 Å². The minimum atomic E-state index is -5.08. The molecule has 0 aliphatic rings. The van der Waals surface area contributed by atoms with Crippen LogP contribution in [0.3, 0.4) is 0 Å². The first-order valence-corrected chi connectivity index (χ1v) is 3.50. The molecule has 0 saturated carbocycles. The highest BCUT2D eigenvalue weighted by molar-refractivity contribution is 6.40. The van der Waals surface area contributed by atoms with Crippen LogP contribution in [-0.4, -0.2) is 39.0 Å². The number of aliphatic carboxylic acids is 1. The van der Waals surface area contributed by atoms with Crippen LogP contribution >= 0.6 is 23.2 Å². The summed E-state index contributed by atoms with van der Waals surface area (Å²) in [5, 5.41) is 21.3. The fourth-order valence-electron chi connectivity index (χ4n) is 0. The van der Waals surface area contributed by atoms with Crippen molar-refractivity contribution in [3.63, 3.8) is 0 Å². The molecule has 0 aliphatic carbocycles. The maximum atomic E-state index is 10.6. The fourth-order valence-corrected chi connectivity index (χ4v) is 0. The lowest BCUT2D eigenvalue weighted by Gasteiger charge is -1.93. The summed E-state index contributed by atoms with van der Waals surface area (Å²) in [4.78, 5) is 17.5. The van der Waals surface area contributed by atoms with Gasteiger partial charge in [0.1, 0.15) is 0 Å². The average Bonchev–Trinajstić information content (AvgIpc) is 1.84. The molecule has 0 radical (unpaired) electrons. The van der Waals surface area contributed by atoms with Gasteiger partial charge in [0, 0.05) is 0 Å². The van der Waals surface area contributed by atoms with Crippen LogP contribution in [-0.2, 0) is 4.79 Å². The van der Waals surface area contributed by atoms with Crippen LogP contribution < -0.4 is 0 Å². The van der Waals surface area contributed by atoms with Gasteiger partial charge in [0.15, 0.2) is 0 Å². The summed E-state index contributed by atoms with van der Waals surface area (Å²) in [5.74, 6) is -2.76. The first-order valence-electron chi connectivity index (χ1n) is 2.43. The molecule has 0 aromatic rings. The van der Waals surface area contributed by atoms with Crippen LogP contribution in [0.15, 0.2) is 0 Å². The minimum absolute atomic E-state index is 0.194. The summed E-state index contributed by atoms with van der Waals surface area (Å²) in [6.07, 6.45) is -6.92. The van der Waals surface area contributed by atoms with Crippen molar-refractivity contribution in [1.82, 2.24) is 0 Å². The van der Waals surface area contributed by atoms with Crippen LogP contribution in [0.25, 0.3) is 0 Å². The second-order valence-corrected chi connectivity index (χ2v) is 1.99. The highest BCUT2D eigenvalue weighted by Crippen LogP contribution is 2.13. The number of carboxylic acid groups (broad SMARTS) is 3. The summed E-state index contributed by atoms with van der Waals surface area (Å²) >= 11 is 9.53. The van der Waals surface area contributed by atoms with Gasteiger partial charge in [-0.2, -0.15) is 13.2 Å². The van der Waals surface area contributed by atoms with Gasteiger partial charge in [0.05, 0.1) is 5.34 Å². The molecule has 0 saturated heterocycles. The van der Waals surface area contributed by atoms with Crippen molar-refractivity contribution in [3.8, 4) is 0 Å². The molecular weight excluding hydrogens is 256 g/mol. The van der Waals surface area contributed by atoms with E-state index in [0.29, 0.717) is 0 Å². The third-order valence-corrected chi connectivity index (χ3v) is 0.243. The number of carboxylic acids is 1. The maximum Gasteiger partial charge on any atom is 0.503 e. The third-order valence-electron chi connectivity index (χ3n) is 0.243. The number of alkyl halides is 5. The van der Waals surface area contributed by atoms with Gasteiger partial charge in [0.25, 0.3) is 0 Å². The predicted octanol–water partition coefficient (Wildman–Crippen LogP) is 2.28. The summed E-state index contributed by atoms with van der Waals surface area (Å²) in [6.45, 7) is 0. The molecule has 86 valence electrons. The minimum Gasteiger partial charge on any atom is -0.475 e. The standard InChI is InChI=1S/C2HF3O2.CH2Cl2.CH2O3/c3-2(4,5)1(6)7;2-1-3;2-1(3)4/h(H,6,7);1H2;(H2,2,3,4). The summed E-state index contributed by atoms with van der Waals surface area (Å²) in [5.41, 5.74) is 0. The molecular formula is C4H5Cl2F3O5. The molecule has 0 aliphatic heterocycles. The van der Waals surface area contributed by atoms with E-state index in [-0.39, 0.29) is 5.34 Å². The van der Waals surface area contributed by atoms with Crippen molar-refractivity contribution in [1.29, 1.82) is 0 Å². The first-order chi connectivity index (χ1) is 6.09. The van der Waals surface area contributed by atoms with Gasteiger partial charge in [-0.15, -0.1) is 23.2 Å². The predicted molar refractivity (Wildman–Crippen MR) is 40.9 cm³/mol. The highest BCUT2D eigenvalue weighted by atomic mass is 35.5. The van der Waals surface area contributed by atoms with Crippen molar-refractivity contribution in [2.45, 2.75) is 6.18 Å². The quantitative estimate of drug-likeness (QED) is 0.581. The van der Waals surface area contributed by atoms with E-state index in [1.165, 1.54) is 0 Å². The van der Waals surface area contributed by atoms with Gasteiger partial charge in [-0.25, -0.2) is 9.59 Å². The second-order valence-electron chi connectivity index (χ2n) is 1.19. The van der Waals surface area contributed by atoms with E-state index in [2.05, 4.69) is 0 Å². The molecule has 0 bridgehead atoms. The molecule has 0 unspecified atom stereocenters. The zero-order chi connectivity index (χ0) is 12.4. The van der Waals surface area contributed by atoms with E-state index in [9.17, 15) is 13.2 Å². The Balaban J connectivity index is -0.000000147. The summed E-state index contributed by atoms with van der Waals surface area (Å²) < 4.78 is 31.7. The van der Waals surface area contributed by atoms with Gasteiger partial charge < -0.3 is 15.3 Å². The number of carbonyl (C=O) groups is 2. The molecule has 0 fully saturated rings. The molecule has 0 heterocycles. The normalized spacial score (nSPS) is 8.64. The van der Waals surface area contributed by atoms with E-state index < -0.39 is 18.3 Å². The monoisotopic (exact) mass is 260 g/mol. The van der Waals surface area contributed by atoms with Crippen LogP contribution in [0.1, 0.15) is 0 Å². The van der Waals surface area contributed by atoms with E-state index in [4.69, 9.17) is 48.1 Å². The van der Waals surface area contributed by atoms with Gasteiger partial charge in [-0.1, -0.05) is 0 Å². The van der Waals surface area contributed by atoms with Gasteiger partial charge >= 0.3 is 18.3 Å². The Kier molecular flexibility index (Phi) is 13.7. The number of hydrogen-bond donors (Lipinski definition) is 3. The second kappa shape index (κ2) is 10.2. The zero-order valence-corrected chi connectivity index (χ0v) is 7.77. The zero-order valence-electron chi connectivity index (χ0n) is 6.26. The van der Waals surface area contributed by atoms with E-state index >= 15 is 0 Å². The number of rotatable bonds is 0. The Bertz CT molecular complexity index is 167. The smallest absolute Gasteiger partial charge is 0.475 e. The lowest BCUT2D eigenvalue weighted by Crippen LogP contribution is -2.21. The van der Waals surface area contributed by atoms with E-state index in [1.54, 1.807) is 0 Å². The third kappa shape index (κ3) is 43.5. The van der Waals surface area contributed by atoms with Crippen molar-refractivity contribution >= 4 is 35.3 Å². The van der Waals surface area contributed by atoms with Gasteiger partial charge in [-0.3, -0.25) is 0 Å². The highest BCUT2D eigenvalue weighted by Gasteiger charge is 2.38. The molecule has 0 atom stereocenters. The summed E-state index contributed by atoms with van der Waals surface area (Å²) in [6, 6.07) is 0. The maximum absolute atomic E-state index is 10.6. The first kappa shape index (κ1) is 18.8. The van der Waals surface area contributed by atoms with Crippen LogP contribution in [0.2, 0.25) is 0 Å². The Labute approximate surface area is 85.7 Å². The Morgan fingerprint density at radius 3 is 1.14 bits per heavy atom. The average molecular weight is 261 g/mol. The molecule has 0 spiro atoms. The van der Waals surface area contributed by atoms with E-state index in [1.807, 2.05) is 0 Å². The Morgan fingerprint density at radius 2 is 1.14 bits per heavy atom. The number of halogens is 5. The van der Waals surface area contributed by atoms with Crippen LogP contribution in [0.5, 0.6) is 0 Å². The topological polar surface area (TPSA) is 94.8 Å². The molecule has 0 aromatic heterocycles. The van der Waals surface area contributed by atoms with Crippen LogP contribution in [0, 0.1) is 0 Å². The molecule has 14 heavy (non-hydrogen) atoms. The number of hydrogen-bond acceptors (Lipinski definition) is 2. The summed E-state index contributed by atoms with van der Waals surface area (Å²) in [7, 11) is 0. The van der Waals surface area contributed by atoms with Crippen molar-refractivity contribution < 1.29 is 38.1 Å². The van der Waals surface area contributed by atoms with Crippen molar-refractivity contribution in [2.24, 2.45) is 0 Å². The SMILES string of the molecule is ClCCl.O=C(O)C(F)(F)F.O=C(O)O. The largest absolute Gasteiger partial charge is 0.503 e. The molecule has 0 amide bonds. The molecule has 3 N–H and O–H groups in total. The Morgan fingerprint density at radius 1 is 1.07 bits per heavy atom. The van der Waals surface area contributed by atoms with Gasteiger partial charge in [0.2, 0.25) is 0 Å². The van der Waals surface area contributed by atoms with E-state index in [0.717, 1.165) is 0 Å². The van der Waals surface area contributed by atoms with Crippen LogP contribution in [0.4, 0.5) is 18.0 Å². The Hall–Kier alpha value is -0.890. The molecule has 10 heteroatoms. The van der Waals surface area contributed by atoms with Gasteiger partial charge in [-0.05, 0) is 0 Å². The fraction of sp³-hybridized carbons (Fsp3) is 0.500. The lowest BCUT2D eigenvalue weighted by atomic mass is 10.7. The van der Waals surface area contributed by atoms with Crippen molar-refractivity contribution in [3.05, 3.63) is 0 Å².